The maximum atomic E-state index is 12.3. The van der Waals surface area contributed by atoms with E-state index in [1.165, 1.54) is 0 Å². The molecule has 0 bridgehead atoms. The number of anilines is 1. The Morgan fingerprint density at radius 2 is 1.89 bits per heavy atom. The van der Waals surface area contributed by atoms with E-state index in [4.69, 9.17) is 0 Å². The van der Waals surface area contributed by atoms with Gasteiger partial charge < -0.3 is 5.32 Å². The van der Waals surface area contributed by atoms with Crippen molar-refractivity contribution in [3.63, 3.8) is 0 Å². The molecule has 0 aliphatic carbocycles. The summed E-state index contributed by atoms with van der Waals surface area (Å²) in [6, 6.07) is 9.74. The lowest BCUT2D eigenvalue weighted by Gasteiger charge is -2.11. The van der Waals surface area contributed by atoms with E-state index in [2.05, 4.69) is 15.5 Å². The van der Waals surface area contributed by atoms with Crippen LogP contribution in [0.25, 0.3) is 0 Å². The van der Waals surface area contributed by atoms with Crippen molar-refractivity contribution in [2.45, 2.75) is 19.0 Å². The third kappa shape index (κ3) is 3.66. The van der Waals surface area contributed by atoms with Crippen LogP contribution in [-0.4, -0.2) is 16.7 Å². The van der Waals surface area contributed by atoms with Crippen LogP contribution in [0.5, 0.6) is 0 Å². The molecule has 2 rings (SSSR count). The van der Waals surface area contributed by atoms with E-state index in [1.54, 1.807) is 0 Å². The Balaban J connectivity index is 1.94. The van der Waals surface area contributed by atoms with Gasteiger partial charge in [-0.1, -0.05) is 48.6 Å². The first kappa shape index (κ1) is 13.8. The smallest absolute Gasteiger partial charge is 0.359 e. The second-order valence-corrected chi connectivity index (χ2v) is 5.08. The fourth-order valence-corrected chi connectivity index (χ4v) is 2.17. The number of aromatic nitrogens is 2. The van der Waals surface area contributed by atoms with Gasteiger partial charge in [0.2, 0.25) is 10.1 Å². The molecular formula is C12H12F3N3S. The van der Waals surface area contributed by atoms with Gasteiger partial charge in [-0.3, -0.25) is 0 Å². The molecule has 1 aromatic heterocycles. The van der Waals surface area contributed by atoms with Crippen LogP contribution in [0.2, 0.25) is 0 Å². The van der Waals surface area contributed by atoms with Crippen molar-refractivity contribution in [1.82, 2.24) is 10.2 Å². The van der Waals surface area contributed by atoms with E-state index in [0.717, 1.165) is 5.56 Å². The van der Waals surface area contributed by atoms with Gasteiger partial charge in [-0.15, -0.1) is 10.2 Å². The fraction of sp³-hybridized carbons (Fsp3) is 0.333. The van der Waals surface area contributed by atoms with Crippen molar-refractivity contribution in [2.75, 3.05) is 11.9 Å². The number of alkyl halides is 3. The summed E-state index contributed by atoms with van der Waals surface area (Å²) in [5.41, 5.74) is 1.12. The van der Waals surface area contributed by atoms with Crippen LogP contribution in [0.15, 0.2) is 30.3 Å². The average molecular weight is 287 g/mol. The Labute approximate surface area is 112 Å². The standard InChI is InChI=1S/C12H12F3N3S/c1-8(9-5-3-2-4-6-9)7-16-11-18-17-10(19-11)12(13,14)15/h2-6,8H,7H2,1H3,(H,16,18). The van der Waals surface area contributed by atoms with Crippen LogP contribution < -0.4 is 5.32 Å². The highest BCUT2D eigenvalue weighted by Gasteiger charge is 2.35. The van der Waals surface area contributed by atoms with Gasteiger partial charge in [0.05, 0.1) is 0 Å². The Morgan fingerprint density at radius 3 is 2.47 bits per heavy atom. The molecule has 0 radical (unpaired) electrons. The number of benzene rings is 1. The average Bonchev–Trinajstić information content (AvgIpc) is 2.86. The van der Waals surface area contributed by atoms with Crippen molar-refractivity contribution in [3.8, 4) is 0 Å². The highest BCUT2D eigenvalue weighted by atomic mass is 32.1. The highest BCUT2D eigenvalue weighted by molar-refractivity contribution is 7.15. The molecule has 0 saturated carbocycles. The minimum absolute atomic E-state index is 0.180. The number of nitrogens with zero attached hydrogens (tertiary/aromatic N) is 2. The molecule has 0 saturated heterocycles. The van der Waals surface area contributed by atoms with Crippen molar-refractivity contribution in [1.29, 1.82) is 0 Å². The lowest BCUT2D eigenvalue weighted by molar-refractivity contribution is -0.138. The van der Waals surface area contributed by atoms with Crippen LogP contribution >= 0.6 is 11.3 Å². The Hall–Kier alpha value is -1.63. The third-order valence-corrected chi connectivity index (χ3v) is 3.52. The number of halogens is 3. The molecule has 1 aromatic carbocycles. The molecule has 1 unspecified atom stereocenters. The molecule has 0 aliphatic heterocycles. The van der Waals surface area contributed by atoms with Gasteiger partial charge in [-0.2, -0.15) is 13.2 Å². The molecule has 0 spiro atoms. The molecule has 102 valence electrons. The molecule has 7 heteroatoms. The number of hydrogen-bond acceptors (Lipinski definition) is 4. The van der Waals surface area contributed by atoms with Gasteiger partial charge in [0, 0.05) is 6.54 Å². The zero-order chi connectivity index (χ0) is 13.9. The van der Waals surface area contributed by atoms with Gasteiger partial charge in [-0.05, 0) is 11.5 Å². The summed E-state index contributed by atoms with van der Waals surface area (Å²) >= 11 is 0.519. The largest absolute Gasteiger partial charge is 0.445 e. The zero-order valence-electron chi connectivity index (χ0n) is 10.1. The topological polar surface area (TPSA) is 37.8 Å². The molecular weight excluding hydrogens is 275 g/mol. The van der Waals surface area contributed by atoms with Crippen molar-refractivity contribution in [3.05, 3.63) is 40.9 Å². The van der Waals surface area contributed by atoms with E-state index in [9.17, 15) is 13.2 Å². The summed E-state index contributed by atoms with van der Waals surface area (Å²) in [4.78, 5) is 0. The number of rotatable bonds is 4. The van der Waals surface area contributed by atoms with Crippen LogP contribution in [0.4, 0.5) is 18.3 Å². The Kier molecular flexibility index (Phi) is 4.04. The van der Waals surface area contributed by atoms with E-state index < -0.39 is 11.2 Å². The van der Waals surface area contributed by atoms with Crippen LogP contribution in [0.1, 0.15) is 23.4 Å². The minimum Gasteiger partial charge on any atom is -0.359 e. The number of hydrogen-bond donors (Lipinski definition) is 1. The first-order chi connectivity index (χ1) is 8.97. The van der Waals surface area contributed by atoms with Gasteiger partial charge in [0.15, 0.2) is 0 Å². The maximum absolute atomic E-state index is 12.3. The van der Waals surface area contributed by atoms with Crippen LogP contribution in [0.3, 0.4) is 0 Å². The van der Waals surface area contributed by atoms with E-state index in [-0.39, 0.29) is 11.0 Å². The second-order valence-electron chi connectivity index (χ2n) is 4.10. The monoisotopic (exact) mass is 287 g/mol. The third-order valence-electron chi connectivity index (χ3n) is 2.60. The lowest BCUT2D eigenvalue weighted by Crippen LogP contribution is -2.09. The SMILES string of the molecule is CC(CNc1nnc(C(F)(F)F)s1)c1ccccc1. The van der Waals surface area contributed by atoms with Crippen LogP contribution in [0, 0.1) is 0 Å². The van der Waals surface area contributed by atoms with E-state index >= 15 is 0 Å². The summed E-state index contributed by atoms with van der Waals surface area (Å²) in [6.07, 6.45) is -4.43. The molecule has 3 nitrogen and oxygen atoms in total. The molecule has 1 N–H and O–H groups in total. The predicted octanol–water partition coefficient (Wildman–Crippen LogP) is 3.77. The summed E-state index contributed by atoms with van der Waals surface area (Å²) in [5.74, 6) is 0.180. The molecule has 0 fully saturated rings. The predicted molar refractivity (Wildman–Crippen MR) is 68.3 cm³/mol. The summed E-state index contributed by atoms with van der Waals surface area (Å²) in [6.45, 7) is 2.50. The van der Waals surface area contributed by atoms with Crippen molar-refractivity contribution < 1.29 is 13.2 Å². The van der Waals surface area contributed by atoms with Crippen LogP contribution in [-0.2, 0) is 6.18 Å². The van der Waals surface area contributed by atoms with E-state index in [1.807, 2.05) is 37.3 Å². The molecule has 19 heavy (non-hydrogen) atoms. The summed E-state index contributed by atoms with van der Waals surface area (Å²) in [7, 11) is 0. The fourth-order valence-electron chi connectivity index (χ4n) is 1.55. The summed E-state index contributed by atoms with van der Waals surface area (Å²) in [5, 5.41) is 8.75. The quantitative estimate of drug-likeness (QED) is 0.930. The molecule has 1 atom stereocenters. The maximum Gasteiger partial charge on any atom is 0.445 e. The zero-order valence-corrected chi connectivity index (χ0v) is 10.9. The van der Waals surface area contributed by atoms with Gasteiger partial charge in [0.1, 0.15) is 0 Å². The molecule has 0 aliphatic rings. The Morgan fingerprint density at radius 1 is 1.21 bits per heavy atom. The van der Waals surface area contributed by atoms with Crippen molar-refractivity contribution in [2.24, 2.45) is 0 Å². The second kappa shape index (κ2) is 5.56. The molecule has 2 aromatic rings. The van der Waals surface area contributed by atoms with E-state index in [0.29, 0.717) is 17.9 Å². The van der Waals surface area contributed by atoms with Crippen molar-refractivity contribution >= 4 is 16.5 Å². The van der Waals surface area contributed by atoms with Gasteiger partial charge in [0.25, 0.3) is 0 Å². The first-order valence-electron chi connectivity index (χ1n) is 5.66. The van der Waals surface area contributed by atoms with Gasteiger partial charge in [-0.25, -0.2) is 0 Å². The molecule has 0 amide bonds. The van der Waals surface area contributed by atoms with Gasteiger partial charge >= 0.3 is 6.18 Å². The minimum atomic E-state index is -4.43. The normalized spacial score (nSPS) is 13.3. The summed E-state index contributed by atoms with van der Waals surface area (Å²) < 4.78 is 37.0. The Bertz CT molecular complexity index is 525. The first-order valence-corrected chi connectivity index (χ1v) is 6.48. The highest BCUT2D eigenvalue weighted by Crippen LogP contribution is 2.33. The number of nitrogens with one attached hydrogen (secondary N) is 1. The molecule has 1 heterocycles. The lowest BCUT2D eigenvalue weighted by atomic mass is 10.0.